The minimum Gasteiger partial charge on any atom is -0.376 e. The van der Waals surface area contributed by atoms with Crippen molar-refractivity contribution in [2.45, 2.75) is 19.0 Å². The van der Waals surface area contributed by atoms with Gasteiger partial charge in [0.05, 0.1) is 13.2 Å². The zero-order valence-electron chi connectivity index (χ0n) is 13.8. The fourth-order valence-corrected chi connectivity index (χ4v) is 2.80. The SMILES string of the molecule is CC(=O)NCc1ccc(C(=O)NC2(c3ccc(Cl)cc3)COC2)cc1. The monoisotopic (exact) mass is 358 g/mol. The first kappa shape index (κ1) is 17.5. The van der Waals surface area contributed by atoms with Gasteiger partial charge in [-0.1, -0.05) is 35.9 Å². The summed E-state index contributed by atoms with van der Waals surface area (Å²) in [5.41, 5.74) is 1.95. The van der Waals surface area contributed by atoms with Gasteiger partial charge in [-0.3, -0.25) is 9.59 Å². The number of hydrogen-bond acceptors (Lipinski definition) is 3. The van der Waals surface area contributed by atoms with Gasteiger partial charge in [-0.05, 0) is 35.4 Å². The van der Waals surface area contributed by atoms with Gasteiger partial charge < -0.3 is 15.4 Å². The number of halogens is 1. The Labute approximate surface area is 151 Å². The Morgan fingerprint density at radius 1 is 1.08 bits per heavy atom. The van der Waals surface area contributed by atoms with Crippen molar-refractivity contribution in [2.75, 3.05) is 13.2 Å². The second kappa shape index (κ2) is 7.25. The molecule has 2 amide bonds. The van der Waals surface area contributed by atoms with E-state index in [1.807, 2.05) is 24.3 Å². The molecular formula is C19H19ClN2O3. The molecule has 0 unspecified atom stereocenters. The van der Waals surface area contributed by atoms with E-state index in [1.165, 1.54) is 6.92 Å². The van der Waals surface area contributed by atoms with Crippen LogP contribution in [-0.2, 0) is 21.6 Å². The van der Waals surface area contributed by atoms with E-state index in [1.54, 1.807) is 24.3 Å². The van der Waals surface area contributed by atoms with Gasteiger partial charge in [0, 0.05) is 24.1 Å². The van der Waals surface area contributed by atoms with Gasteiger partial charge in [-0.25, -0.2) is 0 Å². The van der Waals surface area contributed by atoms with Crippen LogP contribution in [-0.4, -0.2) is 25.0 Å². The third-order valence-electron chi connectivity index (χ3n) is 4.20. The van der Waals surface area contributed by atoms with Gasteiger partial charge >= 0.3 is 0 Å². The molecule has 6 heteroatoms. The smallest absolute Gasteiger partial charge is 0.252 e. The first-order valence-corrected chi connectivity index (χ1v) is 8.36. The molecule has 5 nitrogen and oxygen atoms in total. The molecule has 3 rings (SSSR count). The van der Waals surface area contributed by atoms with E-state index in [0.717, 1.165) is 11.1 Å². The Morgan fingerprint density at radius 2 is 1.72 bits per heavy atom. The number of ether oxygens (including phenoxy) is 1. The van der Waals surface area contributed by atoms with Crippen molar-refractivity contribution in [3.8, 4) is 0 Å². The number of carbonyl (C=O) groups is 2. The predicted octanol–water partition coefficient (Wildman–Crippen LogP) is 2.63. The van der Waals surface area contributed by atoms with E-state index in [2.05, 4.69) is 10.6 Å². The summed E-state index contributed by atoms with van der Waals surface area (Å²) in [5, 5.41) is 6.45. The van der Waals surface area contributed by atoms with Crippen molar-refractivity contribution < 1.29 is 14.3 Å². The molecule has 0 atom stereocenters. The lowest BCUT2D eigenvalue weighted by atomic mass is 9.87. The van der Waals surface area contributed by atoms with E-state index in [9.17, 15) is 9.59 Å². The van der Waals surface area contributed by atoms with Crippen molar-refractivity contribution in [2.24, 2.45) is 0 Å². The molecule has 0 spiro atoms. The van der Waals surface area contributed by atoms with Crippen molar-refractivity contribution in [3.63, 3.8) is 0 Å². The minimum atomic E-state index is -0.517. The number of amides is 2. The highest BCUT2D eigenvalue weighted by Crippen LogP contribution is 2.30. The molecule has 130 valence electrons. The van der Waals surface area contributed by atoms with E-state index < -0.39 is 5.54 Å². The predicted molar refractivity (Wildman–Crippen MR) is 95.4 cm³/mol. The normalized spacial score (nSPS) is 15.1. The molecule has 0 aliphatic carbocycles. The molecule has 0 radical (unpaired) electrons. The summed E-state index contributed by atoms with van der Waals surface area (Å²) in [7, 11) is 0. The van der Waals surface area contributed by atoms with E-state index in [-0.39, 0.29) is 11.8 Å². The van der Waals surface area contributed by atoms with Gasteiger partial charge in [-0.15, -0.1) is 0 Å². The number of carbonyl (C=O) groups excluding carboxylic acids is 2. The van der Waals surface area contributed by atoms with Gasteiger partial charge in [-0.2, -0.15) is 0 Å². The van der Waals surface area contributed by atoms with Crippen molar-refractivity contribution in [1.82, 2.24) is 10.6 Å². The Bertz CT molecular complexity index is 768. The fraction of sp³-hybridized carbons (Fsp3) is 0.263. The maximum Gasteiger partial charge on any atom is 0.252 e. The molecule has 1 aliphatic heterocycles. The van der Waals surface area contributed by atoms with Crippen LogP contribution in [0.2, 0.25) is 5.02 Å². The van der Waals surface area contributed by atoms with Crippen molar-refractivity contribution >= 4 is 23.4 Å². The zero-order valence-corrected chi connectivity index (χ0v) is 14.6. The first-order valence-electron chi connectivity index (χ1n) is 7.98. The molecule has 1 fully saturated rings. The fourth-order valence-electron chi connectivity index (χ4n) is 2.68. The summed E-state index contributed by atoms with van der Waals surface area (Å²) in [6.45, 7) is 2.78. The van der Waals surface area contributed by atoms with Crippen LogP contribution in [0.25, 0.3) is 0 Å². The Kier molecular flexibility index (Phi) is 5.06. The van der Waals surface area contributed by atoms with Crippen LogP contribution in [0.3, 0.4) is 0 Å². The average Bonchev–Trinajstić information content (AvgIpc) is 2.57. The lowest BCUT2D eigenvalue weighted by molar-refractivity contribution is -0.119. The summed E-state index contributed by atoms with van der Waals surface area (Å²) in [4.78, 5) is 23.6. The average molecular weight is 359 g/mol. The van der Waals surface area contributed by atoms with Crippen LogP contribution in [0, 0.1) is 0 Å². The topological polar surface area (TPSA) is 67.4 Å². The summed E-state index contributed by atoms with van der Waals surface area (Å²) in [6, 6.07) is 14.6. The molecule has 1 aliphatic rings. The van der Waals surface area contributed by atoms with Crippen molar-refractivity contribution in [1.29, 1.82) is 0 Å². The molecule has 1 saturated heterocycles. The summed E-state index contributed by atoms with van der Waals surface area (Å²) < 4.78 is 5.35. The third-order valence-corrected chi connectivity index (χ3v) is 4.46. The van der Waals surface area contributed by atoms with Crippen LogP contribution < -0.4 is 10.6 Å². The third kappa shape index (κ3) is 4.00. The van der Waals surface area contributed by atoms with E-state index in [4.69, 9.17) is 16.3 Å². The number of benzene rings is 2. The first-order chi connectivity index (χ1) is 12.0. The van der Waals surface area contributed by atoms with Gasteiger partial charge in [0.25, 0.3) is 5.91 Å². The lowest BCUT2D eigenvalue weighted by Crippen LogP contribution is -2.59. The molecule has 2 N–H and O–H groups in total. The van der Waals surface area contributed by atoms with Crippen molar-refractivity contribution in [3.05, 3.63) is 70.2 Å². The van der Waals surface area contributed by atoms with Crippen LogP contribution in [0.1, 0.15) is 28.4 Å². The molecular weight excluding hydrogens is 340 g/mol. The highest BCUT2D eigenvalue weighted by molar-refractivity contribution is 6.30. The maximum absolute atomic E-state index is 12.6. The quantitative estimate of drug-likeness (QED) is 0.863. The highest BCUT2D eigenvalue weighted by atomic mass is 35.5. The Morgan fingerprint density at radius 3 is 2.24 bits per heavy atom. The van der Waals surface area contributed by atoms with Crippen LogP contribution in [0.5, 0.6) is 0 Å². The summed E-state index contributed by atoms with van der Waals surface area (Å²) in [5.74, 6) is -0.249. The summed E-state index contributed by atoms with van der Waals surface area (Å²) in [6.07, 6.45) is 0. The van der Waals surface area contributed by atoms with E-state index >= 15 is 0 Å². The van der Waals surface area contributed by atoms with Crippen LogP contribution >= 0.6 is 11.6 Å². The molecule has 25 heavy (non-hydrogen) atoms. The molecule has 2 aromatic rings. The van der Waals surface area contributed by atoms with Crippen LogP contribution in [0.4, 0.5) is 0 Å². The minimum absolute atomic E-state index is 0.0864. The van der Waals surface area contributed by atoms with Gasteiger partial charge in [0.1, 0.15) is 5.54 Å². The number of rotatable bonds is 5. The zero-order chi connectivity index (χ0) is 17.9. The highest BCUT2D eigenvalue weighted by Gasteiger charge is 2.41. The molecule has 0 bridgehead atoms. The number of hydrogen-bond donors (Lipinski definition) is 2. The van der Waals surface area contributed by atoms with Gasteiger partial charge in [0.2, 0.25) is 5.91 Å². The summed E-state index contributed by atoms with van der Waals surface area (Å²) >= 11 is 5.94. The maximum atomic E-state index is 12.6. The largest absolute Gasteiger partial charge is 0.376 e. The second-order valence-electron chi connectivity index (χ2n) is 6.14. The number of nitrogens with one attached hydrogen (secondary N) is 2. The Hall–Kier alpha value is -2.37. The second-order valence-corrected chi connectivity index (χ2v) is 6.58. The van der Waals surface area contributed by atoms with Crippen LogP contribution in [0.15, 0.2) is 48.5 Å². The Balaban J connectivity index is 1.70. The van der Waals surface area contributed by atoms with Gasteiger partial charge in [0.15, 0.2) is 0 Å². The molecule has 0 aromatic heterocycles. The molecule has 1 heterocycles. The molecule has 0 saturated carbocycles. The lowest BCUT2D eigenvalue weighted by Gasteiger charge is -2.42. The van der Waals surface area contributed by atoms with E-state index in [0.29, 0.717) is 30.3 Å². The molecule has 2 aromatic carbocycles. The standard InChI is InChI=1S/C19H19ClN2O3/c1-13(23)21-10-14-2-4-15(5-3-14)18(24)22-19(11-25-12-19)16-6-8-17(20)9-7-16/h2-9H,10-12H2,1H3,(H,21,23)(H,22,24).